The minimum Gasteiger partial charge on any atom is -0.492 e. The Morgan fingerprint density at radius 2 is 2.06 bits per heavy atom. The Morgan fingerprint density at radius 3 is 2.67 bits per heavy atom. The molecule has 0 aromatic heterocycles. The van der Waals surface area contributed by atoms with Crippen molar-refractivity contribution < 1.29 is 4.74 Å². The van der Waals surface area contributed by atoms with Crippen LogP contribution in [0.15, 0.2) is 22.7 Å². The lowest BCUT2D eigenvalue weighted by molar-refractivity contribution is 0.208. The normalized spacial score (nSPS) is 16.5. The second-order valence-corrected chi connectivity index (χ2v) is 6.12. The summed E-state index contributed by atoms with van der Waals surface area (Å²) in [6.07, 6.45) is 6.65. The standard InChI is InChI=1S/C14H18BrNOS/c15-12-8-11(14(16)18)6-7-13(12)17-9-10-4-2-1-3-5-10/h6-8,10H,1-5,9H2,(H2,16,18). The molecule has 1 saturated carbocycles. The van der Waals surface area contributed by atoms with Crippen LogP contribution in [-0.2, 0) is 0 Å². The molecule has 1 aliphatic rings. The summed E-state index contributed by atoms with van der Waals surface area (Å²) in [5.74, 6) is 1.58. The van der Waals surface area contributed by atoms with E-state index in [4.69, 9.17) is 22.7 Å². The highest BCUT2D eigenvalue weighted by atomic mass is 79.9. The molecule has 0 radical (unpaired) electrons. The monoisotopic (exact) mass is 327 g/mol. The molecule has 18 heavy (non-hydrogen) atoms. The Labute approximate surface area is 122 Å². The fraction of sp³-hybridized carbons (Fsp3) is 0.500. The van der Waals surface area contributed by atoms with E-state index in [9.17, 15) is 0 Å². The predicted molar refractivity (Wildman–Crippen MR) is 82.1 cm³/mol. The number of nitrogens with two attached hydrogens (primary N) is 1. The van der Waals surface area contributed by atoms with Gasteiger partial charge in [0.2, 0.25) is 0 Å². The van der Waals surface area contributed by atoms with Crippen molar-refractivity contribution in [2.75, 3.05) is 6.61 Å². The van der Waals surface area contributed by atoms with Crippen LogP contribution in [0.2, 0.25) is 0 Å². The first-order valence-electron chi connectivity index (χ1n) is 6.39. The number of benzene rings is 1. The molecule has 0 aliphatic heterocycles. The Kier molecular flexibility index (Phi) is 5.01. The van der Waals surface area contributed by atoms with E-state index >= 15 is 0 Å². The third-order valence-corrected chi connectivity index (χ3v) is 4.27. The fourth-order valence-corrected chi connectivity index (χ4v) is 2.95. The third-order valence-electron chi connectivity index (χ3n) is 3.42. The van der Waals surface area contributed by atoms with Gasteiger partial charge in [0.1, 0.15) is 10.7 Å². The van der Waals surface area contributed by atoms with Crippen molar-refractivity contribution >= 4 is 33.1 Å². The molecule has 0 heterocycles. The third kappa shape index (κ3) is 3.69. The van der Waals surface area contributed by atoms with Gasteiger partial charge in [0.05, 0.1) is 11.1 Å². The van der Waals surface area contributed by atoms with Crippen molar-refractivity contribution in [2.24, 2.45) is 11.7 Å². The molecule has 0 atom stereocenters. The maximum Gasteiger partial charge on any atom is 0.133 e. The molecule has 2 rings (SSSR count). The molecule has 2 N–H and O–H groups in total. The van der Waals surface area contributed by atoms with E-state index in [-0.39, 0.29) is 0 Å². The summed E-state index contributed by atoms with van der Waals surface area (Å²) in [5.41, 5.74) is 6.46. The van der Waals surface area contributed by atoms with Crippen LogP contribution in [0.3, 0.4) is 0 Å². The Morgan fingerprint density at radius 1 is 1.33 bits per heavy atom. The summed E-state index contributed by atoms with van der Waals surface area (Å²) >= 11 is 8.45. The van der Waals surface area contributed by atoms with Gasteiger partial charge in [-0.3, -0.25) is 0 Å². The molecule has 0 bridgehead atoms. The summed E-state index contributed by atoms with van der Waals surface area (Å²) in [6, 6.07) is 5.75. The van der Waals surface area contributed by atoms with Gasteiger partial charge in [0.15, 0.2) is 0 Å². The summed E-state index contributed by atoms with van der Waals surface area (Å²) < 4.78 is 6.80. The maximum atomic E-state index is 5.88. The Bertz CT molecular complexity index is 430. The average Bonchev–Trinajstić information content (AvgIpc) is 2.38. The molecule has 0 saturated heterocycles. The number of rotatable bonds is 4. The lowest BCUT2D eigenvalue weighted by Crippen LogP contribution is -2.15. The SMILES string of the molecule is NC(=S)c1ccc(OCC2CCCCC2)c(Br)c1. The van der Waals surface area contributed by atoms with Crippen LogP contribution in [-0.4, -0.2) is 11.6 Å². The highest BCUT2D eigenvalue weighted by molar-refractivity contribution is 9.10. The van der Waals surface area contributed by atoms with Gasteiger partial charge >= 0.3 is 0 Å². The zero-order chi connectivity index (χ0) is 13.0. The minimum absolute atomic E-state index is 0.412. The topological polar surface area (TPSA) is 35.2 Å². The quantitative estimate of drug-likeness (QED) is 0.847. The molecule has 1 aliphatic carbocycles. The number of hydrogen-bond acceptors (Lipinski definition) is 2. The zero-order valence-electron chi connectivity index (χ0n) is 10.3. The lowest BCUT2D eigenvalue weighted by Gasteiger charge is -2.22. The molecular formula is C14H18BrNOS. The van der Waals surface area contributed by atoms with E-state index in [1.807, 2.05) is 18.2 Å². The Balaban J connectivity index is 1.94. The summed E-state index contributed by atoms with van der Waals surface area (Å²) in [4.78, 5) is 0.412. The van der Waals surface area contributed by atoms with Crippen molar-refractivity contribution in [3.05, 3.63) is 28.2 Å². The van der Waals surface area contributed by atoms with Gasteiger partial charge < -0.3 is 10.5 Å². The highest BCUT2D eigenvalue weighted by Crippen LogP contribution is 2.29. The molecular weight excluding hydrogens is 310 g/mol. The number of halogens is 1. The van der Waals surface area contributed by atoms with Crippen LogP contribution in [0.5, 0.6) is 5.75 Å². The van der Waals surface area contributed by atoms with Crippen LogP contribution in [0.4, 0.5) is 0 Å². The molecule has 0 unspecified atom stereocenters. The van der Waals surface area contributed by atoms with Crippen LogP contribution in [0.1, 0.15) is 37.7 Å². The highest BCUT2D eigenvalue weighted by Gasteiger charge is 2.14. The number of thiocarbonyl (C=S) groups is 1. The lowest BCUT2D eigenvalue weighted by atomic mass is 9.90. The van der Waals surface area contributed by atoms with Crippen molar-refractivity contribution in [2.45, 2.75) is 32.1 Å². The molecule has 1 fully saturated rings. The van der Waals surface area contributed by atoms with E-state index < -0.39 is 0 Å². The molecule has 0 spiro atoms. The van der Waals surface area contributed by atoms with E-state index in [2.05, 4.69) is 15.9 Å². The van der Waals surface area contributed by atoms with E-state index in [1.54, 1.807) is 0 Å². The summed E-state index contributed by atoms with van der Waals surface area (Å²) in [6.45, 7) is 0.811. The average molecular weight is 328 g/mol. The second-order valence-electron chi connectivity index (χ2n) is 4.82. The van der Waals surface area contributed by atoms with Gasteiger partial charge in [0.25, 0.3) is 0 Å². The molecule has 0 amide bonds. The van der Waals surface area contributed by atoms with Gasteiger partial charge in [-0.05, 0) is 52.9 Å². The Hall–Kier alpha value is -0.610. The first kappa shape index (κ1) is 13.8. The van der Waals surface area contributed by atoms with E-state index in [1.165, 1.54) is 32.1 Å². The van der Waals surface area contributed by atoms with Gasteiger partial charge in [-0.2, -0.15) is 0 Å². The predicted octanol–water partition coefficient (Wildman–Crippen LogP) is 4.04. The van der Waals surface area contributed by atoms with Crippen molar-refractivity contribution in [3.8, 4) is 5.75 Å². The van der Waals surface area contributed by atoms with Crippen LogP contribution >= 0.6 is 28.1 Å². The van der Waals surface area contributed by atoms with E-state index in [0.29, 0.717) is 10.9 Å². The zero-order valence-corrected chi connectivity index (χ0v) is 12.7. The number of hydrogen-bond donors (Lipinski definition) is 1. The van der Waals surface area contributed by atoms with Crippen molar-refractivity contribution in [3.63, 3.8) is 0 Å². The fourth-order valence-electron chi connectivity index (χ4n) is 2.33. The van der Waals surface area contributed by atoms with Crippen LogP contribution < -0.4 is 10.5 Å². The molecule has 1 aromatic carbocycles. The number of ether oxygens (including phenoxy) is 1. The second kappa shape index (κ2) is 6.53. The van der Waals surface area contributed by atoms with Gasteiger partial charge in [-0.25, -0.2) is 0 Å². The summed E-state index contributed by atoms with van der Waals surface area (Å²) in [5, 5.41) is 0. The van der Waals surface area contributed by atoms with Crippen molar-refractivity contribution in [1.82, 2.24) is 0 Å². The van der Waals surface area contributed by atoms with Gasteiger partial charge in [-0.15, -0.1) is 0 Å². The van der Waals surface area contributed by atoms with Crippen molar-refractivity contribution in [1.29, 1.82) is 0 Å². The largest absolute Gasteiger partial charge is 0.492 e. The molecule has 4 heteroatoms. The minimum atomic E-state index is 0.412. The van der Waals surface area contributed by atoms with Crippen LogP contribution in [0.25, 0.3) is 0 Å². The smallest absolute Gasteiger partial charge is 0.133 e. The maximum absolute atomic E-state index is 5.88. The van der Waals surface area contributed by atoms with Gasteiger partial charge in [-0.1, -0.05) is 31.5 Å². The summed E-state index contributed by atoms with van der Waals surface area (Å²) in [7, 11) is 0. The molecule has 2 nitrogen and oxygen atoms in total. The molecule has 1 aromatic rings. The van der Waals surface area contributed by atoms with Gasteiger partial charge in [0, 0.05) is 5.56 Å². The first-order valence-corrected chi connectivity index (χ1v) is 7.59. The molecule has 98 valence electrons. The van der Waals surface area contributed by atoms with E-state index in [0.717, 1.165) is 22.4 Å². The van der Waals surface area contributed by atoms with Crippen LogP contribution in [0, 0.1) is 5.92 Å². The first-order chi connectivity index (χ1) is 8.66.